The molecule has 0 saturated carbocycles. The number of aromatic nitrogens is 4. The zero-order chi connectivity index (χ0) is 21.2. The first-order valence-corrected chi connectivity index (χ1v) is 10.7. The third kappa shape index (κ3) is 4.09. The summed E-state index contributed by atoms with van der Waals surface area (Å²) in [5.41, 5.74) is 4.00. The van der Waals surface area contributed by atoms with Crippen molar-refractivity contribution >= 4 is 17.0 Å². The zero-order valence-electron chi connectivity index (χ0n) is 17.6. The number of benzene rings is 2. The van der Waals surface area contributed by atoms with E-state index < -0.39 is 0 Å². The Labute approximate surface area is 180 Å². The van der Waals surface area contributed by atoms with Crippen LogP contribution in [0.3, 0.4) is 0 Å². The second-order valence-electron chi connectivity index (χ2n) is 8.16. The Morgan fingerprint density at radius 1 is 1.06 bits per heavy atom. The zero-order valence-corrected chi connectivity index (χ0v) is 17.6. The van der Waals surface area contributed by atoms with Crippen LogP contribution in [-0.2, 0) is 6.54 Å². The van der Waals surface area contributed by atoms with Crippen LogP contribution >= 0.6 is 0 Å². The molecule has 4 aromatic rings. The van der Waals surface area contributed by atoms with Crippen LogP contribution in [0.2, 0.25) is 0 Å². The molecule has 31 heavy (non-hydrogen) atoms. The Morgan fingerprint density at radius 3 is 2.58 bits per heavy atom. The molecule has 0 radical (unpaired) electrons. The molecule has 0 atom stereocenters. The molecule has 5 rings (SSSR count). The number of nitrogens with zero attached hydrogens (tertiary/aromatic N) is 4. The number of fused-ring (bicyclic) bond motifs is 1. The minimum Gasteiger partial charge on any atom is -0.353 e. The molecule has 0 bridgehead atoms. The van der Waals surface area contributed by atoms with Crippen molar-refractivity contribution < 1.29 is 0 Å². The van der Waals surface area contributed by atoms with Crippen LogP contribution in [0.15, 0.2) is 65.6 Å². The van der Waals surface area contributed by atoms with Crippen LogP contribution in [-0.4, -0.2) is 43.8 Å². The maximum absolute atomic E-state index is 12.6. The van der Waals surface area contributed by atoms with E-state index in [4.69, 9.17) is 0 Å². The van der Waals surface area contributed by atoms with Crippen molar-refractivity contribution in [2.75, 3.05) is 18.4 Å². The summed E-state index contributed by atoms with van der Waals surface area (Å²) in [5, 5.41) is 8.30. The smallest absolute Gasteiger partial charge is 0.263 e. The average Bonchev–Trinajstić information content (AvgIpc) is 3.22. The maximum Gasteiger partial charge on any atom is 0.263 e. The lowest BCUT2D eigenvalue weighted by atomic mass is 10.0. The van der Waals surface area contributed by atoms with E-state index in [9.17, 15) is 4.79 Å². The number of rotatable bonds is 5. The van der Waals surface area contributed by atoms with Crippen molar-refractivity contribution in [1.29, 1.82) is 0 Å². The van der Waals surface area contributed by atoms with Gasteiger partial charge in [-0.25, -0.2) is 4.68 Å². The molecular formula is C24H26N6O. The number of H-pyrrole nitrogens is 1. The SMILES string of the molecule is Cc1ccccc1CN1CCC(Nc2nc3c(cnn3-c3ccccc3)c(=O)[nH]2)CC1. The van der Waals surface area contributed by atoms with Crippen LogP contribution in [0.25, 0.3) is 16.7 Å². The fourth-order valence-electron chi connectivity index (χ4n) is 4.20. The fraction of sp³-hybridized carbons (Fsp3) is 0.292. The van der Waals surface area contributed by atoms with Gasteiger partial charge in [0.15, 0.2) is 5.65 Å². The topological polar surface area (TPSA) is 78.8 Å². The molecule has 2 aromatic heterocycles. The first-order valence-electron chi connectivity index (χ1n) is 10.7. The van der Waals surface area contributed by atoms with Gasteiger partial charge < -0.3 is 5.32 Å². The highest BCUT2D eigenvalue weighted by atomic mass is 16.1. The van der Waals surface area contributed by atoms with Crippen LogP contribution in [0, 0.1) is 6.92 Å². The monoisotopic (exact) mass is 414 g/mol. The van der Waals surface area contributed by atoms with E-state index in [1.54, 1.807) is 10.9 Å². The van der Waals surface area contributed by atoms with Gasteiger partial charge in [0, 0.05) is 25.7 Å². The van der Waals surface area contributed by atoms with Gasteiger partial charge in [-0.2, -0.15) is 10.1 Å². The lowest BCUT2D eigenvalue weighted by molar-refractivity contribution is 0.210. The summed E-state index contributed by atoms with van der Waals surface area (Å²) in [4.78, 5) is 22.6. The van der Waals surface area contributed by atoms with Gasteiger partial charge in [0.1, 0.15) is 5.39 Å². The van der Waals surface area contributed by atoms with Crippen molar-refractivity contribution in [3.05, 3.63) is 82.3 Å². The van der Waals surface area contributed by atoms with Crippen molar-refractivity contribution in [2.45, 2.75) is 32.4 Å². The average molecular weight is 415 g/mol. The second kappa shape index (κ2) is 8.35. The Morgan fingerprint density at radius 2 is 1.81 bits per heavy atom. The minimum absolute atomic E-state index is 0.174. The van der Waals surface area contributed by atoms with Gasteiger partial charge in [0.2, 0.25) is 5.95 Å². The van der Waals surface area contributed by atoms with Crippen molar-refractivity contribution in [2.24, 2.45) is 0 Å². The van der Waals surface area contributed by atoms with Gasteiger partial charge in [-0.05, 0) is 43.0 Å². The Hall–Kier alpha value is -3.45. The highest BCUT2D eigenvalue weighted by Gasteiger charge is 2.21. The predicted octanol–water partition coefficient (Wildman–Crippen LogP) is 3.49. The molecule has 1 aliphatic rings. The standard InChI is InChI=1S/C24H26N6O/c1-17-7-5-6-8-18(17)16-29-13-11-19(12-14-29)26-24-27-22-21(23(31)28-24)15-25-30(22)20-9-3-2-4-10-20/h2-10,15,19H,11-14,16H2,1H3,(H2,26,27,28,31). The molecule has 1 fully saturated rings. The number of hydrogen-bond acceptors (Lipinski definition) is 5. The van der Waals surface area contributed by atoms with Crippen LogP contribution < -0.4 is 10.9 Å². The number of aryl methyl sites for hydroxylation is 1. The summed E-state index contributed by atoms with van der Waals surface area (Å²) >= 11 is 0. The quantitative estimate of drug-likeness (QED) is 0.523. The largest absolute Gasteiger partial charge is 0.353 e. The highest BCUT2D eigenvalue weighted by Crippen LogP contribution is 2.19. The van der Waals surface area contributed by atoms with Crippen molar-refractivity contribution in [3.8, 4) is 5.69 Å². The second-order valence-corrected chi connectivity index (χ2v) is 8.16. The summed E-state index contributed by atoms with van der Waals surface area (Å²) in [7, 11) is 0. The normalized spacial score (nSPS) is 15.4. The first kappa shape index (κ1) is 19.5. The third-order valence-corrected chi connectivity index (χ3v) is 6.02. The van der Waals surface area contributed by atoms with Crippen LogP contribution in [0.5, 0.6) is 0 Å². The maximum atomic E-state index is 12.6. The van der Waals surface area contributed by atoms with Crippen LogP contribution in [0.4, 0.5) is 5.95 Å². The number of anilines is 1. The molecule has 2 aromatic carbocycles. The Kier molecular flexibility index (Phi) is 5.26. The van der Waals surface area contributed by atoms with Gasteiger partial charge >= 0.3 is 0 Å². The van der Waals surface area contributed by atoms with Gasteiger partial charge in [0.05, 0.1) is 11.9 Å². The van der Waals surface area contributed by atoms with E-state index in [1.807, 2.05) is 30.3 Å². The third-order valence-electron chi connectivity index (χ3n) is 6.02. The summed E-state index contributed by atoms with van der Waals surface area (Å²) < 4.78 is 1.71. The molecular weight excluding hydrogens is 388 g/mol. The molecule has 0 unspecified atom stereocenters. The lowest BCUT2D eigenvalue weighted by Gasteiger charge is -2.32. The van der Waals surface area contributed by atoms with Gasteiger partial charge in [-0.3, -0.25) is 14.7 Å². The minimum atomic E-state index is -0.174. The number of piperidine rings is 1. The van der Waals surface area contributed by atoms with Crippen LogP contribution in [0.1, 0.15) is 24.0 Å². The molecule has 7 heteroatoms. The van der Waals surface area contributed by atoms with Gasteiger partial charge in [-0.1, -0.05) is 42.5 Å². The molecule has 7 nitrogen and oxygen atoms in total. The lowest BCUT2D eigenvalue weighted by Crippen LogP contribution is -2.39. The van der Waals surface area contributed by atoms with E-state index in [1.165, 1.54) is 11.1 Å². The number of hydrogen-bond donors (Lipinski definition) is 2. The molecule has 1 saturated heterocycles. The van der Waals surface area contributed by atoms with Gasteiger partial charge in [-0.15, -0.1) is 0 Å². The first-order chi connectivity index (χ1) is 15.2. The molecule has 0 spiro atoms. The molecule has 3 heterocycles. The Bertz CT molecular complexity index is 1240. The fourth-order valence-corrected chi connectivity index (χ4v) is 4.20. The van der Waals surface area contributed by atoms with Gasteiger partial charge in [0.25, 0.3) is 5.56 Å². The molecule has 0 aliphatic carbocycles. The van der Waals surface area contributed by atoms with E-state index in [2.05, 4.69) is 56.5 Å². The molecule has 158 valence electrons. The summed E-state index contributed by atoms with van der Waals surface area (Å²) in [6, 6.07) is 18.6. The van der Waals surface area contributed by atoms with E-state index >= 15 is 0 Å². The summed E-state index contributed by atoms with van der Waals surface area (Å²) in [6.45, 7) is 5.18. The van der Waals surface area contributed by atoms with E-state index in [0.29, 0.717) is 17.0 Å². The molecule has 2 N–H and O–H groups in total. The van der Waals surface area contributed by atoms with Crippen molar-refractivity contribution in [1.82, 2.24) is 24.6 Å². The van der Waals surface area contributed by atoms with E-state index in [-0.39, 0.29) is 11.6 Å². The predicted molar refractivity (Wildman–Crippen MR) is 123 cm³/mol. The molecule has 0 amide bonds. The number of para-hydroxylation sites is 1. The summed E-state index contributed by atoms with van der Waals surface area (Å²) in [5.74, 6) is 0.507. The van der Waals surface area contributed by atoms with Crippen molar-refractivity contribution in [3.63, 3.8) is 0 Å². The number of aromatic amines is 1. The van der Waals surface area contributed by atoms with E-state index in [0.717, 1.165) is 38.2 Å². The number of likely N-dealkylation sites (tertiary alicyclic amines) is 1. The summed E-state index contributed by atoms with van der Waals surface area (Å²) in [6.07, 6.45) is 3.58. The Balaban J connectivity index is 1.29. The highest BCUT2D eigenvalue weighted by molar-refractivity contribution is 5.76. The molecule has 1 aliphatic heterocycles. The number of nitrogens with one attached hydrogen (secondary N) is 2.